The highest BCUT2D eigenvalue weighted by molar-refractivity contribution is 7.93. The number of aromatic nitrogens is 4. The summed E-state index contributed by atoms with van der Waals surface area (Å²) < 4.78 is 93.7. The molecule has 14 nitrogen and oxygen atoms in total. The molecule has 0 radical (unpaired) electrons. The van der Waals surface area contributed by atoms with Crippen molar-refractivity contribution in [3.05, 3.63) is 131 Å². The number of amides is 1. The number of benzene rings is 4. The van der Waals surface area contributed by atoms with E-state index in [9.17, 15) is 13.2 Å². The number of imidazole rings is 1. The molecule has 0 atom stereocenters. The van der Waals surface area contributed by atoms with E-state index < -0.39 is 38.2 Å². The minimum absolute atomic E-state index is 0.0439. The predicted molar refractivity (Wildman–Crippen MR) is 216 cm³/mol. The molecule has 0 bridgehead atoms. The Bertz CT molecular complexity index is 2790. The van der Waals surface area contributed by atoms with Crippen LogP contribution in [0.4, 0.5) is 13.9 Å². The topological polar surface area (TPSA) is 156 Å². The molecular formula is C40H33ClF2N6O8S2. The third-order valence-electron chi connectivity index (χ3n) is 9.07. The number of pyridine rings is 1. The van der Waals surface area contributed by atoms with Crippen molar-refractivity contribution in [3.63, 3.8) is 0 Å². The molecule has 19 heteroatoms. The number of hydrogen-bond donors (Lipinski definition) is 1. The molecule has 0 aliphatic rings. The molecular weight excluding hydrogens is 830 g/mol. The molecule has 7 aromatic rings. The first-order valence-electron chi connectivity index (χ1n) is 17.4. The molecule has 0 unspecified atom stereocenters. The van der Waals surface area contributed by atoms with Crippen LogP contribution < -0.4 is 33.3 Å². The molecule has 3 heterocycles. The minimum atomic E-state index is -4.80. The Labute approximate surface area is 345 Å². The summed E-state index contributed by atoms with van der Waals surface area (Å²) >= 11 is 7.15. The van der Waals surface area contributed by atoms with Crippen molar-refractivity contribution < 1.29 is 45.7 Å². The van der Waals surface area contributed by atoms with Crippen LogP contribution in [0.15, 0.2) is 102 Å². The van der Waals surface area contributed by atoms with Gasteiger partial charge in [0.1, 0.15) is 57.1 Å². The lowest BCUT2D eigenvalue weighted by atomic mass is 10.1. The van der Waals surface area contributed by atoms with Gasteiger partial charge in [-0.2, -0.15) is 4.37 Å². The highest BCUT2D eigenvalue weighted by atomic mass is 35.5. The smallest absolute Gasteiger partial charge is 0.270 e. The van der Waals surface area contributed by atoms with Crippen LogP contribution in [0.5, 0.6) is 34.5 Å². The predicted octanol–water partition coefficient (Wildman–Crippen LogP) is 7.94. The number of nitrogens with zero attached hydrogens (tertiary/aromatic N) is 5. The van der Waals surface area contributed by atoms with Gasteiger partial charge in [-0.1, -0.05) is 11.6 Å². The Morgan fingerprint density at radius 3 is 2.20 bits per heavy atom. The van der Waals surface area contributed by atoms with Gasteiger partial charge in [0, 0.05) is 75.8 Å². The van der Waals surface area contributed by atoms with Crippen molar-refractivity contribution in [2.75, 3.05) is 32.7 Å². The zero-order valence-corrected chi connectivity index (χ0v) is 34.0. The molecule has 4 aromatic carbocycles. The second kappa shape index (κ2) is 17.2. The average Bonchev–Trinajstić information content (AvgIpc) is 3.94. The molecule has 1 N–H and O–H groups in total. The summed E-state index contributed by atoms with van der Waals surface area (Å²) in [5.74, 6) is -1.59. The third-order valence-corrected chi connectivity index (χ3v) is 11.9. The summed E-state index contributed by atoms with van der Waals surface area (Å²) in [5, 5.41) is 3.07. The number of nitrogens with one attached hydrogen (secondary N) is 1. The van der Waals surface area contributed by atoms with Crippen LogP contribution in [0.3, 0.4) is 0 Å². The van der Waals surface area contributed by atoms with E-state index >= 15 is 8.78 Å². The fourth-order valence-electron chi connectivity index (χ4n) is 6.08. The first kappa shape index (κ1) is 40.7. The van der Waals surface area contributed by atoms with Crippen LogP contribution in [-0.4, -0.2) is 61.5 Å². The Hall–Kier alpha value is -6.50. The van der Waals surface area contributed by atoms with Gasteiger partial charge in [0.25, 0.3) is 15.9 Å². The van der Waals surface area contributed by atoms with Gasteiger partial charge < -0.3 is 29.0 Å². The third kappa shape index (κ3) is 8.41. The van der Waals surface area contributed by atoms with Gasteiger partial charge in [0.2, 0.25) is 5.13 Å². The number of sulfonamides is 1. The second-order valence-corrected chi connectivity index (χ2v) is 15.5. The number of ether oxygens (including phenoxy) is 5. The van der Waals surface area contributed by atoms with Crippen LogP contribution in [0.1, 0.15) is 21.6 Å². The van der Waals surface area contributed by atoms with E-state index in [1.807, 2.05) is 0 Å². The van der Waals surface area contributed by atoms with Crippen molar-refractivity contribution in [2.24, 2.45) is 0 Å². The SMILES string of the molecule is COc1ccc(CNC(=O)c2cnc3ccc(-c4cc(Cl)ccc4Oc4cc(F)c(S(=O)(=O)N(Cc5ccc(OC)cc5OC)c5ncns5)cc4F)cn23)c(OC)c1. The minimum Gasteiger partial charge on any atom is -0.497 e. The maximum absolute atomic E-state index is 16.0. The molecule has 1 amide bonds. The quantitative estimate of drug-likeness (QED) is 0.107. The maximum Gasteiger partial charge on any atom is 0.270 e. The lowest BCUT2D eigenvalue weighted by Crippen LogP contribution is -2.31. The van der Waals surface area contributed by atoms with E-state index in [0.717, 1.165) is 27.7 Å². The van der Waals surface area contributed by atoms with Crippen LogP contribution >= 0.6 is 23.1 Å². The number of halogens is 3. The van der Waals surface area contributed by atoms with Crippen molar-refractivity contribution in [2.45, 2.75) is 18.0 Å². The molecule has 0 saturated carbocycles. The number of anilines is 1. The number of rotatable bonds is 15. The molecule has 0 aliphatic carbocycles. The Balaban J connectivity index is 1.17. The van der Waals surface area contributed by atoms with Gasteiger partial charge in [0.15, 0.2) is 11.6 Å². The van der Waals surface area contributed by atoms with Crippen LogP contribution in [0.25, 0.3) is 16.8 Å². The fraction of sp³-hybridized carbons (Fsp3) is 0.150. The molecule has 0 aliphatic heterocycles. The molecule has 304 valence electrons. The zero-order chi connectivity index (χ0) is 41.8. The zero-order valence-electron chi connectivity index (χ0n) is 31.6. The average molecular weight is 863 g/mol. The number of fused-ring (bicyclic) bond motifs is 1. The number of methoxy groups -OCH3 is 4. The van der Waals surface area contributed by atoms with E-state index in [-0.39, 0.29) is 29.7 Å². The van der Waals surface area contributed by atoms with E-state index in [0.29, 0.717) is 62.5 Å². The maximum atomic E-state index is 16.0. The van der Waals surface area contributed by atoms with Crippen molar-refractivity contribution in [1.29, 1.82) is 0 Å². The van der Waals surface area contributed by atoms with Gasteiger partial charge in [-0.05, 0) is 54.6 Å². The Morgan fingerprint density at radius 1 is 0.814 bits per heavy atom. The van der Waals surface area contributed by atoms with Gasteiger partial charge in [-0.25, -0.2) is 31.5 Å². The van der Waals surface area contributed by atoms with Crippen LogP contribution in [0, 0.1) is 11.6 Å². The normalized spacial score (nSPS) is 11.3. The first-order valence-corrected chi connectivity index (χ1v) is 20.0. The van der Waals surface area contributed by atoms with E-state index in [4.69, 9.17) is 35.3 Å². The van der Waals surface area contributed by atoms with Crippen molar-refractivity contribution in [3.8, 4) is 45.6 Å². The molecule has 3 aromatic heterocycles. The Kier molecular flexibility index (Phi) is 11.8. The highest BCUT2D eigenvalue weighted by Crippen LogP contribution is 2.39. The van der Waals surface area contributed by atoms with E-state index in [2.05, 4.69) is 19.7 Å². The summed E-state index contributed by atoms with van der Waals surface area (Å²) in [6, 6.07) is 19.0. The van der Waals surface area contributed by atoms with E-state index in [1.54, 1.807) is 72.3 Å². The second-order valence-electron chi connectivity index (χ2n) is 12.5. The van der Waals surface area contributed by atoms with Crippen molar-refractivity contribution >= 4 is 49.8 Å². The lowest BCUT2D eigenvalue weighted by molar-refractivity contribution is 0.0944. The number of carbonyl (C=O) groups excluding carboxylic acids is 1. The van der Waals surface area contributed by atoms with Gasteiger partial charge in [-0.15, -0.1) is 0 Å². The summed E-state index contributed by atoms with van der Waals surface area (Å²) in [6.07, 6.45) is 4.19. The molecule has 0 spiro atoms. The van der Waals surface area contributed by atoms with Gasteiger partial charge in [0.05, 0.1) is 41.2 Å². The standard InChI is InChI=1S/C40H33ClF2N6O8S2/c1-53-27-9-5-23(34(14-27)55-3)18-45-39(50)32-19-44-38-12-7-24(20-48(32)38)29-13-26(41)8-11-33(29)57-36-16-31(43)37(17-30(36)42)59(51,52)49(40-46-22-47-58-40)21-25-6-10-28(54-2)15-35(25)56-4/h5-17,19-20,22H,18,21H2,1-4H3,(H,45,50). The molecule has 0 fully saturated rings. The largest absolute Gasteiger partial charge is 0.497 e. The number of hydrogen-bond acceptors (Lipinski definition) is 12. The summed E-state index contributed by atoms with van der Waals surface area (Å²) in [4.78, 5) is 20.8. The number of carbonyl (C=O) groups is 1. The summed E-state index contributed by atoms with van der Waals surface area (Å²) in [7, 11) is 1.13. The van der Waals surface area contributed by atoms with E-state index in [1.165, 1.54) is 39.7 Å². The Morgan fingerprint density at radius 2 is 1.53 bits per heavy atom. The van der Waals surface area contributed by atoms with Gasteiger partial charge >= 0.3 is 0 Å². The summed E-state index contributed by atoms with van der Waals surface area (Å²) in [6.45, 7) is -0.217. The lowest BCUT2D eigenvalue weighted by Gasteiger charge is -2.23. The molecule has 59 heavy (non-hydrogen) atoms. The van der Waals surface area contributed by atoms with Gasteiger partial charge in [-0.3, -0.25) is 9.20 Å². The van der Waals surface area contributed by atoms with Crippen LogP contribution in [0.2, 0.25) is 5.02 Å². The monoisotopic (exact) mass is 862 g/mol. The molecule has 0 saturated heterocycles. The van der Waals surface area contributed by atoms with Crippen molar-refractivity contribution in [1.82, 2.24) is 24.1 Å². The van der Waals surface area contributed by atoms with Crippen LogP contribution in [-0.2, 0) is 23.1 Å². The molecule has 7 rings (SSSR count). The first-order chi connectivity index (χ1) is 28.4. The fourth-order valence-corrected chi connectivity index (χ4v) is 8.44. The highest BCUT2D eigenvalue weighted by Gasteiger charge is 2.33. The summed E-state index contributed by atoms with van der Waals surface area (Å²) in [5.41, 5.74) is 2.57.